The minimum atomic E-state index is -3.21. The molecule has 0 aliphatic carbocycles. The molecule has 2 rings (SSSR count). The Hall–Kier alpha value is -1.74. The first-order valence-corrected chi connectivity index (χ1v) is 11.0. The summed E-state index contributed by atoms with van der Waals surface area (Å²) in [6, 6.07) is 10.4. The normalized spacial score (nSPS) is 12.7. The van der Waals surface area contributed by atoms with Crippen molar-refractivity contribution in [2.24, 2.45) is 0 Å². The molecule has 0 saturated carbocycles. The summed E-state index contributed by atoms with van der Waals surface area (Å²) in [4.78, 5) is 13.3. The van der Waals surface area contributed by atoms with Gasteiger partial charge in [-0.05, 0) is 35.6 Å². The van der Waals surface area contributed by atoms with Crippen molar-refractivity contribution in [3.05, 3.63) is 52.2 Å². The molecule has 0 fully saturated rings. The molecule has 0 spiro atoms. The number of sulfone groups is 1. The zero-order chi connectivity index (χ0) is 19.0. The first-order valence-electron chi connectivity index (χ1n) is 8.21. The average Bonchev–Trinajstić information content (AvgIpc) is 3.14. The lowest BCUT2D eigenvalue weighted by Crippen LogP contribution is -2.29. The molecule has 0 bridgehead atoms. The summed E-state index contributed by atoms with van der Waals surface area (Å²) in [7, 11) is -3.21. The van der Waals surface area contributed by atoms with Gasteiger partial charge in [0.2, 0.25) is 5.91 Å². The van der Waals surface area contributed by atoms with E-state index in [9.17, 15) is 13.2 Å². The highest BCUT2D eigenvalue weighted by Crippen LogP contribution is 2.21. The fraction of sp³-hybridized carbons (Fsp3) is 0.389. The number of aliphatic hydroxyl groups excluding tert-OH is 1. The molecule has 1 heterocycles. The van der Waals surface area contributed by atoms with Crippen LogP contribution in [-0.2, 0) is 25.8 Å². The van der Waals surface area contributed by atoms with Crippen molar-refractivity contribution in [1.82, 2.24) is 5.32 Å². The maximum atomic E-state index is 12.1. The molecule has 2 aromatic rings. The quantitative estimate of drug-likeness (QED) is 0.639. The van der Waals surface area contributed by atoms with E-state index in [0.717, 1.165) is 10.4 Å². The topological polar surface area (TPSA) is 92.7 Å². The third-order valence-corrected chi connectivity index (χ3v) is 5.84. The molecule has 142 valence electrons. The van der Waals surface area contributed by atoms with Gasteiger partial charge < -0.3 is 15.2 Å². The van der Waals surface area contributed by atoms with Gasteiger partial charge in [-0.2, -0.15) is 0 Å². The number of nitrogens with one attached hydrogen (secondary N) is 1. The third-order valence-electron chi connectivity index (χ3n) is 3.75. The highest BCUT2D eigenvalue weighted by Gasteiger charge is 2.14. The Bertz CT molecular complexity index is 785. The third kappa shape index (κ3) is 6.53. The minimum absolute atomic E-state index is 0.0701. The Morgan fingerprint density at radius 3 is 2.58 bits per heavy atom. The predicted octanol–water partition coefficient (Wildman–Crippen LogP) is 1.95. The average molecular weight is 398 g/mol. The molecule has 1 atom stereocenters. The maximum absolute atomic E-state index is 12.1. The van der Waals surface area contributed by atoms with Crippen molar-refractivity contribution in [2.75, 3.05) is 26.0 Å². The number of carbonyl (C=O) groups excluding carboxylic acids is 1. The zero-order valence-corrected chi connectivity index (χ0v) is 16.2. The second kappa shape index (κ2) is 9.82. The van der Waals surface area contributed by atoms with E-state index in [0.29, 0.717) is 19.4 Å². The van der Waals surface area contributed by atoms with Crippen molar-refractivity contribution in [3.63, 3.8) is 0 Å². The smallest absolute Gasteiger partial charge is 0.220 e. The molecule has 0 aliphatic rings. The van der Waals surface area contributed by atoms with Gasteiger partial charge in [0.1, 0.15) is 6.10 Å². The van der Waals surface area contributed by atoms with Crippen LogP contribution in [0.3, 0.4) is 0 Å². The number of hydrogen-bond acceptors (Lipinski definition) is 6. The van der Waals surface area contributed by atoms with E-state index in [-0.39, 0.29) is 30.1 Å². The summed E-state index contributed by atoms with van der Waals surface area (Å²) in [5.74, 6) is -0.105. The summed E-state index contributed by atoms with van der Waals surface area (Å²) < 4.78 is 28.5. The first-order chi connectivity index (χ1) is 12.4. The van der Waals surface area contributed by atoms with Gasteiger partial charge >= 0.3 is 0 Å². The van der Waals surface area contributed by atoms with Crippen molar-refractivity contribution in [2.45, 2.75) is 23.8 Å². The predicted molar refractivity (Wildman–Crippen MR) is 101 cm³/mol. The molecule has 8 heteroatoms. The molecular formula is C18H23NO5S2. The zero-order valence-electron chi connectivity index (χ0n) is 14.6. The van der Waals surface area contributed by atoms with E-state index in [1.165, 1.54) is 17.6 Å². The monoisotopic (exact) mass is 397 g/mol. The van der Waals surface area contributed by atoms with Crippen molar-refractivity contribution in [3.8, 4) is 0 Å². The van der Waals surface area contributed by atoms with E-state index in [1.807, 2.05) is 17.5 Å². The molecule has 1 aromatic carbocycles. The molecule has 1 aromatic heterocycles. The molecule has 2 N–H and O–H groups in total. The SMILES string of the molecule is CS(=O)(=O)c1ccc(CCC(=O)NC[C@@H](OCCO)c2cccs2)cc1. The Balaban J connectivity index is 1.82. The van der Waals surface area contributed by atoms with Gasteiger partial charge in [0, 0.05) is 24.1 Å². The van der Waals surface area contributed by atoms with Crippen LogP contribution < -0.4 is 5.32 Å². The lowest BCUT2D eigenvalue weighted by molar-refractivity contribution is -0.121. The second-order valence-electron chi connectivity index (χ2n) is 5.82. The van der Waals surface area contributed by atoms with Gasteiger partial charge in [-0.15, -0.1) is 11.3 Å². The second-order valence-corrected chi connectivity index (χ2v) is 8.81. The van der Waals surface area contributed by atoms with E-state index < -0.39 is 9.84 Å². The van der Waals surface area contributed by atoms with Crippen LogP contribution in [0.25, 0.3) is 0 Å². The van der Waals surface area contributed by atoms with Crippen molar-refractivity contribution in [1.29, 1.82) is 0 Å². The Morgan fingerprint density at radius 2 is 2.00 bits per heavy atom. The fourth-order valence-corrected chi connectivity index (χ4v) is 3.77. The number of ether oxygens (including phenoxy) is 1. The standard InChI is InChI=1S/C18H23NO5S2/c1-26(22,23)15-7-4-14(5-8-15)6-9-18(21)19-13-16(24-11-10-20)17-3-2-12-25-17/h2-5,7-8,12,16,20H,6,9-11,13H2,1H3,(H,19,21)/t16-/m1/s1. The van der Waals surface area contributed by atoms with E-state index in [1.54, 1.807) is 24.3 Å². The Morgan fingerprint density at radius 1 is 1.27 bits per heavy atom. The van der Waals surface area contributed by atoms with E-state index in [4.69, 9.17) is 9.84 Å². The number of aryl methyl sites for hydroxylation is 1. The number of carbonyl (C=O) groups is 1. The van der Waals surface area contributed by atoms with Gasteiger partial charge in [-0.1, -0.05) is 18.2 Å². The van der Waals surface area contributed by atoms with Crippen LogP contribution in [0.5, 0.6) is 0 Å². The molecule has 0 aliphatic heterocycles. The number of amides is 1. The molecule has 6 nitrogen and oxygen atoms in total. The highest BCUT2D eigenvalue weighted by atomic mass is 32.2. The summed E-state index contributed by atoms with van der Waals surface area (Å²) in [5, 5.41) is 13.7. The molecular weight excluding hydrogens is 374 g/mol. The van der Waals surface area contributed by atoms with Crippen molar-refractivity contribution < 1.29 is 23.1 Å². The van der Waals surface area contributed by atoms with E-state index >= 15 is 0 Å². The summed E-state index contributed by atoms with van der Waals surface area (Å²) in [6.45, 7) is 0.483. The van der Waals surface area contributed by atoms with Crippen LogP contribution in [0, 0.1) is 0 Å². The van der Waals surface area contributed by atoms with Crippen LogP contribution in [0.15, 0.2) is 46.7 Å². The number of thiophene rings is 1. The Kier molecular flexibility index (Phi) is 7.77. The lowest BCUT2D eigenvalue weighted by atomic mass is 10.1. The van der Waals surface area contributed by atoms with Crippen LogP contribution in [0.2, 0.25) is 0 Å². The molecule has 0 saturated heterocycles. The highest BCUT2D eigenvalue weighted by molar-refractivity contribution is 7.90. The molecule has 1 amide bonds. The largest absolute Gasteiger partial charge is 0.394 e. The summed E-state index contributed by atoms with van der Waals surface area (Å²) >= 11 is 1.54. The van der Waals surface area contributed by atoms with Gasteiger partial charge in [-0.25, -0.2) is 8.42 Å². The Labute approximate surface area is 157 Å². The first kappa shape index (κ1) is 20.6. The molecule has 0 radical (unpaired) electrons. The van der Waals surface area contributed by atoms with Gasteiger partial charge in [0.25, 0.3) is 0 Å². The minimum Gasteiger partial charge on any atom is -0.394 e. The maximum Gasteiger partial charge on any atom is 0.220 e. The fourth-order valence-electron chi connectivity index (χ4n) is 2.37. The van der Waals surface area contributed by atoms with Crippen LogP contribution >= 0.6 is 11.3 Å². The number of rotatable bonds is 10. The number of aliphatic hydroxyl groups is 1. The van der Waals surface area contributed by atoms with E-state index in [2.05, 4.69) is 5.32 Å². The molecule has 26 heavy (non-hydrogen) atoms. The van der Waals surface area contributed by atoms with Crippen LogP contribution in [0.1, 0.15) is 23.0 Å². The van der Waals surface area contributed by atoms with Crippen LogP contribution in [-0.4, -0.2) is 45.4 Å². The van der Waals surface area contributed by atoms with Gasteiger partial charge in [-0.3, -0.25) is 4.79 Å². The lowest BCUT2D eigenvalue weighted by Gasteiger charge is -2.17. The molecule has 0 unspecified atom stereocenters. The number of hydrogen-bond donors (Lipinski definition) is 2. The van der Waals surface area contributed by atoms with Gasteiger partial charge in [0.15, 0.2) is 9.84 Å². The number of benzene rings is 1. The van der Waals surface area contributed by atoms with Gasteiger partial charge in [0.05, 0.1) is 18.1 Å². The summed E-state index contributed by atoms with van der Waals surface area (Å²) in [6.07, 6.45) is 1.71. The van der Waals surface area contributed by atoms with Crippen LogP contribution in [0.4, 0.5) is 0 Å². The summed E-state index contributed by atoms with van der Waals surface area (Å²) in [5.41, 5.74) is 0.902. The van der Waals surface area contributed by atoms with Crippen molar-refractivity contribution >= 4 is 27.1 Å².